The molecule has 4 rings (SSSR count). The first-order valence-corrected chi connectivity index (χ1v) is 14.4. The Balaban J connectivity index is 1.39. The summed E-state index contributed by atoms with van der Waals surface area (Å²) in [5.74, 6) is 0.776. The van der Waals surface area contributed by atoms with E-state index in [1.165, 1.54) is 5.57 Å². The maximum atomic E-state index is 13.4. The number of nitrogens with one attached hydrogen (secondary N) is 2. The van der Waals surface area contributed by atoms with Crippen molar-refractivity contribution in [2.24, 2.45) is 23.7 Å². The monoisotopic (exact) mass is 542 g/mol. The van der Waals surface area contributed by atoms with Crippen LogP contribution in [-0.4, -0.2) is 28.7 Å². The molecule has 0 aromatic heterocycles. The van der Waals surface area contributed by atoms with Crippen LogP contribution in [0.5, 0.6) is 5.75 Å². The number of fused-ring (bicyclic) bond motifs is 1. The first-order valence-electron chi connectivity index (χ1n) is 14.4. The SMILES string of the molecule is C=C(C(=O)N[C@H](CC(C)C)C(=O)Nc1ccc(Cc2ccc(O)cc2)cc1)[C@H]1CCC(C)C2CC(=O)C(C)=C2C1. The van der Waals surface area contributed by atoms with Gasteiger partial charge in [-0.15, -0.1) is 0 Å². The molecule has 0 aliphatic heterocycles. The predicted molar refractivity (Wildman–Crippen MR) is 159 cm³/mol. The number of carbonyl (C=O) groups excluding carboxylic acids is 3. The van der Waals surface area contributed by atoms with Gasteiger partial charge < -0.3 is 15.7 Å². The van der Waals surface area contributed by atoms with E-state index in [1.807, 2.05) is 57.2 Å². The molecule has 0 spiro atoms. The molecule has 2 aromatic rings. The summed E-state index contributed by atoms with van der Waals surface area (Å²) in [4.78, 5) is 39.0. The van der Waals surface area contributed by atoms with Gasteiger partial charge in [0, 0.05) is 17.7 Å². The number of benzene rings is 2. The number of phenolic OH excluding ortho intramolecular Hbond substituents is 1. The number of aromatic hydroxyl groups is 1. The van der Waals surface area contributed by atoms with E-state index in [2.05, 4.69) is 24.1 Å². The molecule has 1 fully saturated rings. The zero-order valence-electron chi connectivity index (χ0n) is 24.1. The molecule has 2 aliphatic rings. The summed E-state index contributed by atoms with van der Waals surface area (Å²) >= 11 is 0. The fourth-order valence-corrected chi connectivity index (χ4v) is 6.04. The molecule has 0 bridgehead atoms. The van der Waals surface area contributed by atoms with Crippen molar-refractivity contribution in [3.8, 4) is 5.75 Å². The van der Waals surface area contributed by atoms with Gasteiger partial charge in [-0.1, -0.05) is 57.2 Å². The molecule has 1 saturated carbocycles. The lowest BCUT2D eigenvalue weighted by molar-refractivity contribution is -0.125. The van der Waals surface area contributed by atoms with E-state index >= 15 is 0 Å². The Bertz CT molecular complexity index is 1290. The van der Waals surface area contributed by atoms with Gasteiger partial charge in [-0.05, 0) is 104 Å². The summed E-state index contributed by atoms with van der Waals surface area (Å²) in [7, 11) is 0. The number of anilines is 1. The van der Waals surface area contributed by atoms with Crippen molar-refractivity contribution >= 4 is 23.3 Å². The van der Waals surface area contributed by atoms with E-state index in [9.17, 15) is 19.5 Å². The third-order valence-electron chi connectivity index (χ3n) is 8.56. The molecule has 0 radical (unpaired) electrons. The molecule has 0 heterocycles. The zero-order valence-corrected chi connectivity index (χ0v) is 24.1. The lowest BCUT2D eigenvalue weighted by Gasteiger charge is -2.23. The highest BCUT2D eigenvalue weighted by molar-refractivity contribution is 6.01. The van der Waals surface area contributed by atoms with E-state index in [0.717, 1.165) is 29.5 Å². The summed E-state index contributed by atoms with van der Waals surface area (Å²) in [5.41, 5.74) is 5.38. The van der Waals surface area contributed by atoms with Crippen molar-refractivity contribution in [2.45, 2.75) is 72.3 Å². The van der Waals surface area contributed by atoms with Crippen molar-refractivity contribution in [1.29, 1.82) is 0 Å². The molecule has 0 saturated heterocycles. The molecule has 2 amide bonds. The molecule has 2 aromatic carbocycles. The Kier molecular flexibility index (Phi) is 9.28. The van der Waals surface area contributed by atoms with Crippen LogP contribution in [0.2, 0.25) is 0 Å². The Morgan fingerprint density at radius 1 is 1.00 bits per heavy atom. The van der Waals surface area contributed by atoms with Gasteiger partial charge in [0.05, 0.1) is 0 Å². The highest BCUT2D eigenvalue weighted by Crippen LogP contribution is 2.45. The summed E-state index contributed by atoms with van der Waals surface area (Å²) in [6, 6.07) is 14.1. The highest BCUT2D eigenvalue weighted by atomic mass is 16.3. The van der Waals surface area contributed by atoms with Crippen LogP contribution in [0.4, 0.5) is 5.69 Å². The Hall–Kier alpha value is -3.67. The van der Waals surface area contributed by atoms with Crippen LogP contribution in [0.25, 0.3) is 0 Å². The first-order chi connectivity index (χ1) is 19.0. The van der Waals surface area contributed by atoms with Crippen LogP contribution in [0, 0.1) is 23.7 Å². The van der Waals surface area contributed by atoms with Crippen molar-refractivity contribution in [3.05, 3.63) is 83.0 Å². The lowest BCUT2D eigenvalue weighted by atomic mass is 9.86. The minimum atomic E-state index is -0.688. The lowest BCUT2D eigenvalue weighted by Crippen LogP contribution is -2.45. The quantitative estimate of drug-likeness (QED) is 0.322. The van der Waals surface area contributed by atoms with Gasteiger partial charge in [0.25, 0.3) is 0 Å². The summed E-state index contributed by atoms with van der Waals surface area (Å²) in [6.45, 7) is 12.3. The van der Waals surface area contributed by atoms with E-state index in [0.29, 0.717) is 42.9 Å². The molecular weight excluding hydrogens is 500 g/mol. The summed E-state index contributed by atoms with van der Waals surface area (Å²) in [5, 5.41) is 15.4. The predicted octanol–water partition coefficient (Wildman–Crippen LogP) is 6.35. The molecule has 4 atom stereocenters. The zero-order chi connectivity index (χ0) is 29.0. The van der Waals surface area contributed by atoms with Gasteiger partial charge in [-0.2, -0.15) is 0 Å². The topological polar surface area (TPSA) is 95.5 Å². The molecular formula is C34H42N2O4. The molecule has 40 heavy (non-hydrogen) atoms. The molecule has 6 nitrogen and oxygen atoms in total. The van der Waals surface area contributed by atoms with Gasteiger partial charge in [-0.3, -0.25) is 14.4 Å². The van der Waals surface area contributed by atoms with Crippen molar-refractivity contribution < 1.29 is 19.5 Å². The minimum Gasteiger partial charge on any atom is -0.508 e. The highest BCUT2D eigenvalue weighted by Gasteiger charge is 2.38. The average molecular weight is 543 g/mol. The van der Waals surface area contributed by atoms with Crippen LogP contribution in [0.3, 0.4) is 0 Å². The van der Waals surface area contributed by atoms with Crippen molar-refractivity contribution in [2.75, 3.05) is 5.32 Å². The van der Waals surface area contributed by atoms with Gasteiger partial charge >= 0.3 is 0 Å². The second-order valence-corrected chi connectivity index (χ2v) is 12.0. The number of hydrogen-bond donors (Lipinski definition) is 3. The minimum absolute atomic E-state index is 0.0350. The Morgan fingerprint density at radius 3 is 2.25 bits per heavy atom. The maximum absolute atomic E-state index is 13.4. The second-order valence-electron chi connectivity index (χ2n) is 12.0. The standard InChI is InChI=1S/C34H42N2O4/c1-20(2)16-31(34(40)35-27-12-7-24(8-13-27)17-25-9-14-28(37)15-10-25)36-33(39)22(4)26-11-6-21(3)29-19-32(38)23(5)30(29)18-26/h7-10,12-15,20-21,26,29,31,37H,4,6,11,16-19H2,1-3,5H3,(H,35,40)(H,36,39)/t21?,26-,29?,31+/m0/s1. The number of allylic oxidation sites excluding steroid dienone is 2. The van der Waals surface area contributed by atoms with E-state index < -0.39 is 6.04 Å². The van der Waals surface area contributed by atoms with Gasteiger partial charge in [0.2, 0.25) is 11.8 Å². The number of rotatable bonds is 9. The fraction of sp³-hybridized carbons (Fsp3) is 0.441. The van der Waals surface area contributed by atoms with Crippen molar-refractivity contribution in [1.82, 2.24) is 5.32 Å². The van der Waals surface area contributed by atoms with Crippen LogP contribution in [-0.2, 0) is 20.8 Å². The largest absolute Gasteiger partial charge is 0.508 e. The summed E-state index contributed by atoms with van der Waals surface area (Å²) in [6.07, 6.45) is 4.30. The number of ketones is 1. The average Bonchev–Trinajstić information content (AvgIpc) is 3.09. The van der Waals surface area contributed by atoms with Gasteiger partial charge in [0.15, 0.2) is 5.78 Å². The van der Waals surface area contributed by atoms with Crippen molar-refractivity contribution in [3.63, 3.8) is 0 Å². The Morgan fingerprint density at radius 2 is 1.62 bits per heavy atom. The number of amides is 2. The van der Waals surface area contributed by atoms with E-state index in [4.69, 9.17) is 0 Å². The molecule has 212 valence electrons. The van der Waals surface area contributed by atoms with Crippen LogP contribution >= 0.6 is 0 Å². The number of phenols is 1. The third kappa shape index (κ3) is 7.09. The van der Waals surface area contributed by atoms with Crippen LogP contribution < -0.4 is 10.6 Å². The normalized spacial score (nSPS) is 21.5. The van der Waals surface area contributed by atoms with Crippen LogP contribution in [0.15, 0.2) is 71.8 Å². The Labute approximate surface area is 238 Å². The third-order valence-corrected chi connectivity index (χ3v) is 8.56. The molecule has 2 aliphatic carbocycles. The smallest absolute Gasteiger partial charge is 0.247 e. The van der Waals surface area contributed by atoms with Gasteiger partial charge in [0.1, 0.15) is 11.8 Å². The number of hydrogen-bond acceptors (Lipinski definition) is 4. The fourth-order valence-electron chi connectivity index (χ4n) is 6.04. The van der Waals surface area contributed by atoms with Crippen LogP contribution in [0.1, 0.15) is 70.9 Å². The number of carbonyl (C=O) groups is 3. The van der Waals surface area contributed by atoms with E-state index in [1.54, 1.807) is 12.1 Å². The second kappa shape index (κ2) is 12.7. The first kappa shape index (κ1) is 29.3. The molecule has 2 unspecified atom stereocenters. The molecule has 6 heteroatoms. The summed E-state index contributed by atoms with van der Waals surface area (Å²) < 4.78 is 0. The molecule has 3 N–H and O–H groups in total. The maximum Gasteiger partial charge on any atom is 0.247 e. The van der Waals surface area contributed by atoms with E-state index in [-0.39, 0.29) is 41.1 Å². The number of Topliss-reactive ketones (excluding diaryl/α,β-unsaturated/α-hetero) is 1. The van der Waals surface area contributed by atoms with Gasteiger partial charge in [-0.25, -0.2) is 0 Å².